The Kier molecular flexibility index (Phi) is 2.32. The molecule has 1 nitrogen and oxygen atoms in total. The Labute approximate surface area is 67.5 Å². The molecule has 0 saturated heterocycles. The molecule has 1 heteroatoms. The van der Waals surface area contributed by atoms with Gasteiger partial charge in [0.2, 0.25) is 0 Å². The fourth-order valence-corrected chi connectivity index (χ4v) is 0.994. The van der Waals surface area contributed by atoms with E-state index < -0.39 is 0 Å². The Balaban J connectivity index is 3.04. The van der Waals surface area contributed by atoms with Gasteiger partial charge in [-0.05, 0) is 31.1 Å². The number of rotatable bonds is 1. The molecule has 0 radical (unpaired) electrons. The van der Waals surface area contributed by atoms with Crippen molar-refractivity contribution >= 4 is 6.08 Å². The van der Waals surface area contributed by atoms with Crippen LogP contribution in [0.2, 0.25) is 0 Å². The number of hydrogen-bond donors (Lipinski definition) is 1. The summed E-state index contributed by atoms with van der Waals surface area (Å²) in [5.41, 5.74) is 8.86. The lowest BCUT2D eigenvalue weighted by atomic mass is 10.1. The molecule has 0 aliphatic rings. The van der Waals surface area contributed by atoms with Crippen molar-refractivity contribution in [1.29, 1.82) is 0 Å². The summed E-state index contributed by atoms with van der Waals surface area (Å²) in [6.07, 6.45) is 1.98. The minimum atomic E-state index is 0.847. The van der Waals surface area contributed by atoms with Crippen LogP contribution in [0.1, 0.15) is 18.1 Å². The maximum atomic E-state index is 5.55. The van der Waals surface area contributed by atoms with Crippen molar-refractivity contribution < 1.29 is 0 Å². The van der Waals surface area contributed by atoms with Crippen LogP contribution < -0.4 is 5.73 Å². The van der Waals surface area contributed by atoms with Gasteiger partial charge in [-0.2, -0.15) is 0 Å². The van der Waals surface area contributed by atoms with Crippen LogP contribution in [-0.2, 0) is 0 Å². The van der Waals surface area contributed by atoms with E-state index in [4.69, 9.17) is 5.73 Å². The van der Waals surface area contributed by atoms with Crippen LogP contribution in [0.5, 0.6) is 0 Å². The van der Waals surface area contributed by atoms with Gasteiger partial charge in [-0.25, -0.2) is 0 Å². The Morgan fingerprint density at radius 1 is 1.36 bits per heavy atom. The molecule has 0 heterocycles. The van der Waals surface area contributed by atoms with Crippen LogP contribution in [0.25, 0.3) is 6.08 Å². The fraction of sp³-hybridized carbons (Fsp3) is 0.200. The summed E-state index contributed by atoms with van der Waals surface area (Å²) < 4.78 is 0. The lowest BCUT2D eigenvalue weighted by Gasteiger charge is -1.98. The molecule has 0 aromatic heterocycles. The van der Waals surface area contributed by atoms with Crippen molar-refractivity contribution in [1.82, 2.24) is 0 Å². The monoisotopic (exact) mass is 147 g/mol. The summed E-state index contributed by atoms with van der Waals surface area (Å²) in [7, 11) is 0. The molecule has 0 spiro atoms. The van der Waals surface area contributed by atoms with E-state index in [1.165, 1.54) is 11.1 Å². The Bertz CT molecular complexity index is 270. The predicted octanol–water partition coefficient (Wildman–Crippen LogP) is 2.31. The molecule has 0 bridgehead atoms. The van der Waals surface area contributed by atoms with E-state index in [1.54, 1.807) is 0 Å². The summed E-state index contributed by atoms with van der Waals surface area (Å²) in [5, 5.41) is 0. The van der Waals surface area contributed by atoms with E-state index in [9.17, 15) is 0 Å². The molecular weight excluding hydrogens is 134 g/mol. The van der Waals surface area contributed by atoms with Crippen molar-refractivity contribution in [2.24, 2.45) is 5.73 Å². The van der Waals surface area contributed by atoms with Crippen LogP contribution >= 0.6 is 0 Å². The van der Waals surface area contributed by atoms with Crippen LogP contribution in [0, 0.1) is 6.92 Å². The third kappa shape index (κ3) is 2.11. The molecule has 0 fully saturated rings. The van der Waals surface area contributed by atoms with Gasteiger partial charge >= 0.3 is 0 Å². The largest absolute Gasteiger partial charge is 0.402 e. The molecular formula is C10H13N. The number of allylic oxidation sites excluding steroid dienone is 1. The quantitative estimate of drug-likeness (QED) is 0.648. The maximum Gasteiger partial charge on any atom is 0.00549 e. The van der Waals surface area contributed by atoms with Crippen molar-refractivity contribution in [3.8, 4) is 0 Å². The zero-order valence-corrected chi connectivity index (χ0v) is 6.96. The van der Waals surface area contributed by atoms with Gasteiger partial charge in [0.1, 0.15) is 0 Å². The van der Waals surface area contributed by atoms with Gasteiger partial charge in [0.25, 0.3) is 0 Å². The first-order valence-corrected chi connectivity index (χ1v) is 3.69. The standard InChI is InChI=1S/C10H13N/c1-8-5-3-4-6-10(8)7-9(2)11/h3-7H,11H2,1-2H3/b9-7+. The summed E-state index contributed by atoms with van der Waals surface area (Å²) in [5.74, 6) is 0. The van der Waals surface area contributed by atoms with Gasteiger partial charge in [0.15, 0.2) is 0 Å². The highest BCUT2D eigenvalue weighted by atomic mass is 14.5. The Morgan fingerprint density at radius 2 is 2.00 bits per heavy atom. The van der Waals surface area contributed by atoms with Crippen molar-refractivity contribution in [2.45, 2.75) is 13.8 Å². The molecule has 1 rings (SSSR count). The second kappa shape index (κ2) is 3.24. The third-order valence-corrected chi connectivity index (χ3v) is 1.57. The van der Waals surface area contributed by atoms with Crippen LogP contribution in [0.15, 0.2) is 30.0 Å². The van der Waals surface area contributed by atoms with Crippen LogP contribution in [0.3, 0.4) is 0 Å². The summed E-state index contributed by atoms with van der Waals surface area (Å²) in [4.78, 5) is 0. The molecule has 2 N–H and O–H groups in total. The molecule has 0 unspecified atom stereocenters. The SMILES string of the molecule is C/C(N)=C\c1ccccc1C. The minimum absolute atomic E-state index is 0.847. The van der Waals surface area contributed by atoms with E-state index in [-0.39, 0.29) is 0 Å². The normalized spacial score (nSPS) is 11.6. The van der Waals surface area contributed by atoms with E-state index in [1.807, 2.05) is 25.1 Å². The smallest absolute Gasteiger partial charge is 0.00549 e. The highest BCUT2D eigenvalue weighted by Gasteiger charge is 1.90. The van der Waals surface area contributed by atoms with Crippen molar-refractivity contribution in [2.75, 3.05) is 0 Å². The summed E-state index contributed by atoms with van der Waals surface area (Å²) >= 11 is 0. The maximum absolute atomic E-state index is 5.55. The number of hydrogen-bond acceptors (Lipinski definition) is 1. The fourth-order valence-electron chi connectivity index (χ4n) is 0.994. The second-order valence-corrected chi connectivity index (χ2v) is 2.74. The molecule has 0 aliphatic carbocycles. The first-order valence-electron chi connectivity index (χ1n) is 3.69. The van der Waals surface area contributed by atoms with Crippen molar-refractivity contribution in [3.05, 3.63) is 41.1 Å². The first kappa shape index (κ1) is 7.86. The molecule has 0 saturated carbocycles. The highest BCUT2D eigenvalue weighted by Crippen LogP contribution is 2.09. The van der Waals surface area contributed by atoms with E-state index in [2.05, 4.69) is 19.1 Å². The molecule has 1 aromatic carbocycles. The van der Waals surface area contributed by atoms with Gasteiger partial charge in [-0.1, -0.05) is 24.3 Å². The van der Waals surface area contributed by atoms with E-state index in [0.717, 1.165) is 5.70 Å². The Morgan fingerprint density at radius 3 is 2.55 bits per heavy atom. The summed E-state index contributed by atoms with van der Waals surface area (Å²) in [6.45, 7) is 3.97. The number of nitrogens with two attached hydrogens (primary N) is 1. The molecule has 58 valence electrons. The third-order valence-electron chi connectivity index (χ3n) is 1.57. The van der Waals surface area contributed by atoms with Crippen LogP contribution in [0.4, 0.5) is 0 Å². The first-order chi connectivity index (χ1) is 5.20. The van der Waals surface area contributed by atoms with Gasteiger partial charge in [-0.15, -0.1) is 0 Å². The zero-order chi connectivity index (χ0) is 8.27. The molecule has 0 amide bonds. The van der Waals surface area contributed by atoms with Crippen molar-refractivity contribution in [3.63, 3.8) is 0 Å². The van der Waals surface area contributed by atoms with Gasteiger partial charge in [0, 0.05) is 5.70 Å². The molecule has 1 aromatic rings. The van der Waals surface area contributed by atoms with E-state index in [0.29, 0.717) is 0 Å². The van der Waals surface area contributed by atoms with Gasteiger partial charge in [-0.3, -0.25) is 0 Å². The lowest BCUT2D eigenvalue weighted by molar-refractivity contribution is 1.33. The number of benzene rings is 1. The molecule has 0 atom stereocenters. The summed E-state index contributed by atoms with van der Waals surface area (Å²) in [6, 6.07) is 8.18. The topological polar surface area (TPSA) is 26.0 Å². The van der Waals surface area contributed by atoms with Crippen LogP contribution in [-0.4, -0.2) is 0 Å². The average molecular weight is 147 g/mol. The molecule has 11 heavy (non-hydrogen) atoms. The predicted molar refractivity (Wildman–Crippen MR) is 49.0 cm³/mol. The molecule has 0 aliphatic heterocycles. The number of aryl methyl sites for hydroxylation is 1. The van der Waals surface area contributed by atoms with Gasteiger partial charge in [0.05, 0.1) is 0 Å². The highest BCUT2D eigenvalue weighted by molar-refractivity contribution is 5.55. The Hall–Kier alpha value is -1.24. The van der Waals surface area contributed by atoms with E-state index >= 15 is 0 Å². The van der Waals surface area contributed by atoms with Gasteiger partial charge < -0.3 is 5.73 Å². The zero-order valence-electron chi connectivity index (χ0n) is 6.96. The minimum Gasteiger partial charge on any atom is -0.402 e. The second-order valence-electron chi connectivity index (χ2n) is 2.74. The average Bonchev–Trinajstić information content (AvgIpc) is 1.93. The lowest BCUT2D eigenvalue weighted by Crippen LogP contribution is -1.90.